The van der Waals surface area contributed by atoms with Gasteiger partial charge in [-0.05, 0) is 12.1 Å². The summed E-state index contributed by atoms with van der Waals surface area (Å²) in [7, 11) is 0. The molecule has 0 saturated heterocycles. The van der Waals surface area contributed by atoms with E-state index in [0.717, 1.165) is 5.56 Å². The van der Waals surface area contributed by atoms with Crippen LogP contribution in [0, 0.1) is 0 Å². The quantitative estimate of drug-likeness (QED) is 0.608. The Balaban J connectivity index is 0.00000243. The van der Waals surface area contributed by atoms with Gasteiger partial charge in [0.2, 0.25) is 0 Å². The van der Waals surface area contributed by atoms with Crippen molar-refractivity contribution in [1.29, 1.82) is 0 Å². The minimum atomic E-state index is -1.29. The average Bonchev–Trinajstić information content (AvgIpc) is 2.61. The summed E-state index contributed by atoms with van der Waals surface area (Å²) in [4.78, 5) is 31.2. The number of carboxylic acids is 2. The number of nitrogens with one attached hydrogen (secondary N) is 1. The molecule has 1 heterocycles. The topological polar surface area (TPSA) is 112 Å². The van der Waals surface area contributed by atoms with Crippen LogP contribution in [0.2, 0.25) is 0 Å². The SMILES string of the molecule is Cl.O=C(O)CC(Nc1nc(-c2ccccc2)nc2ccccc12)C(=O)O. The molecule has 8 heteroatoms. The van der Waals surface area contributed by atoms with Crippen LogP contribution in [-0.4, -0.2) is 38.2 Å². The van der Waals surface area contributed by atoms with Gasteiger partial charge >= 0.3 is 11.9 Å². The van der Waals surface area contributed by atoms with Crippen LogP contribution in [0.1, 0.15) is 6.42 Å². The van der Waals surface area contributed by atoms with E-state index >= 15 is 0 Å². The summed E-state index contributed by atoms with van der Waals surface area (Å²) < 4.78 is 0. The molecule has 1 atom stereocenters. The monoisotopic (exact) mass is 373 g/mol. The minimum absolute atomic E-state index is 0. The Morgan fingerprint density at radius 3 is 2.27 bits per heavy atom. The maximum absolute atomic E-state index is 11.4. The summed E-state index contributed by atoms with van der Waals surface area (Å²) in [5, 5.41) is 21.5. The van der Waals surface area contributed by atoms with Gasteiger partial charge in [-0.15, -0.1) is 12.4 Å². The van der Waals surface area contributed by atoms with Gasteiger partial charge in [-0.2, -0.15) is 0 Å². The van der Waals surface area contributed by atoms with E-state index < -0.39 is 24.4 Å². The largest absolute Gasteiger partial charge is 0.481 e. The van der Waals surface area contributed by atoms with Crippen LogP contribution >= 0.6 is 12.4 Å². The number of hydrogen-bond donors (Lipinski definition) is 3. The third-order valence-corrected chi connectivity index (χ3v) is 3.62. The maximum Gasteiger partial charge on any atom is 0.326 e. The molecule has 0 radical (unpaired) electrons. The zero-order valence-electron chi connectivity index (χ0n) is 13.5. The molecule has 134 valence electrons. The number of aromatic nitrogens is 2. The summed E-state index contributed by atoms with van der Waals surface area (Å²) in [5.74, 6) is -1.74. The number of rotatable bonds is 6. The van der Waals surface area contributed by atoms with Crippen LogP contribution in [-0.2, 0) is 9.59 Å². The van der Waals surface area contributed by atoms with Gasteiger partial charge in [-0.25, -0.2) is 14.8 Å². The fraction of sp³-hybridized carbons (Fsp3) is 0.111. The van der Waals surface area contributed by atoms with E-state index in [1.807, 2.05) is 36.4 Å². The Hall–Kier alpha value is -3.19. The number of carbonyl (C=O) groups is 2. The van der Waals surface area contributed by atoms with Crippen molar-refractivity contribution in [3.05, 3.63) is 54.6 Å². The molecule has 0 saturated carbocycles. The van der Waals surface area contributed by atoms with Crippen molar-refractivity contribution in [2.75, 3.05) is 5.32 Å². The molecule has 26 heavy (non-hydrogen) atoms. The second-order valence-electron chi connectivity index (χ2n) is 5.41. The highest BCUT2D eigenvalue weighted by Gasteiger charge is 2.22. The van der Waals surface area contributed by atoms with Crippen LogP contribution in [0.4, 0.5) is 5.82 Å². The lowest BCUT2D eigenvalue weighted by atomic mass is 10.1. The van der Waals surface area contributed by atoms with Crippen LogP contribution in [0.15, 0.2) is 54.6 Å². The van der Waals surface area contributed by atoms with E-state index in [-0.39, 0.29) is 18.2 Å². The molecule has 3 rings (SSSR count). The van der Waals surface area contributed by atoms with Crippen LogP contribution < -0.4 is 5.32 Å². The number of benzene rings is 2. The Bertz CT molecular complexity index is 934. The standard InChI is InChI=1S/C18H15N3O4.ClH/c22-15(23)10-14(18(24)25)20-17-12-8-4-5-9-13(12)19-16(21-17)11-6-2-1-3-7-11;/h1-9,14H,10H2,(H,22,23)(H,24,25)(H,19,20,21);1H. The number of anilines is 1. The first-order chi connectivity index (χ1) is 12.0. The van der Waals surface area contributed by atoms with Gasteiger partial charge in [0, 0.05) is 10.9 Å². The predicted molar refractivity (Wildman–Crippen MR) is 99.5 cm³/mol. The van der Waals surface area contributed by atoms with Gasteiger partial charge in [0.15, 0.2) is 5.82 Å². The number of aliphatic carboxylic acids is 2. The average molecular weight is 374 g/mol. The fourth-order valence-electron chi connectivity index (χ4n) is 2.44. The number of para-hydroxylation sites is 1. The van der Waals surface area contributed by atoms with E-state index in [0.29, 0.717) is 16.7 Å². The van der Waals surface area contributed by atoms with Gasteiger partial charge in [0.05, 0.1) is 11.9 Å². The zero-order chi connectivity index (χ0) is 17.8. The molecule has 3 aromatic rings. The smallest absolute Gasteiger partial charge is 0.326 e. The second kappa shape index (κ2) is 8.26. The Morgan fingerprint density at radius 2 is 1.62 bits per heavy atom. The van der Waals surface area contributed by atoms with Crippen molar-refractivity contribution in [2.45, 2.75) is 12.5 Å². The highest BCUT2D eigenvalue weighted by molar-refractivity contribution is 5.93. The van der Waals surface area contributed by atoms with Crippen LogP contribution in [0.5, 0.6) is 0 Å². The summed E-state index contributed by atoms with van der Waals surface area (Å²) in [6, 6.07) is 15.1. The molecule has 2 aromatic carbocycles. The summed E-state index contributed by atoms with van der Waals surface area (Å²) in [6.07, 6.45) is -0.561. The van der Waals surface area contributed by atoms with Gasteiger partial charge in [0.1, 0.15) is 11.9 Å². The number of halogens is 1. The van der Waals surface area contributed by atoms with Crippen molar-refractivity contribution >= 4 is 41.1 Å². The van der Waals surface area contributed by atoms with Crippen molar-refractivity contribution in [3.63, 3.8) is 0 Å². The number of carboxylic acid groups (broad SMARTS) is 2. The van der Waals surface area contributed by atoms with E-state index in [1.165, 1.54) is 0 Å². The predicted octanol–water partition coefficient (Wildman–Crippen LogP) is 3.06. The summed E-state index contributed by atoms with van der Waals surface area (Å²) in [5.41, 5.74) is 1.42. The molecule has 1 unspecified atom stereocenters. The van der Waals surface area contributed by atoms with Crippen molar-refractivity contribution < 1.29 is 19.8 Å². The van der Waals surface area contributed by atoms with E-state index in [1.54, 1.807) is 18.2 Å². The van der Waals surface area contributed by atoms with Crippen molar-refractivity contribution in [3.8, 4) is 11.4 Å². The molecular weight excluding hydrogens is 358 g/mol. The summed E-state index contributed by atoms with van der Waals surface area (Å²) in [6.45, 7) is 0. The Labute approximate surface area is 155 Å². The van der Waals surface area contributed by atoms with E-state index in [2.05, 4.69) is 15.3 Å². The first kappa shape index (κ1) is 19.1. The van der Waals surface area contributed by atoms with E-state index in [4.69, 9.17) is 5.11 Å². The Kier molecular flexibility index (Phi) is 6.08. The molecule has 7 nitrogen and oxygen atoms in total. The number of nitrogens with zero attached hydrogens (tertiary/aromatic N) is 2. The molecule has 0 aliphatic carbocycles. The molecule has 0 bridgehead atoms. The number of hydrogen-bond acceptors (Lipinski definition) is 5. The lowest BCUT2D eigenvalue weighted by Crippen LogP contribution is -2.32. The van der Waals surface area contributed by atoms with Crippen LogP contribution in [0.25, 0.3) is 22.3 Å². The molecule has 0 spiro atoms. The van der Waals surface area contributed by atoms with Gasteiger partial charge in [0.25, 0.3) is 0 Å². The van der Waals surface area contributed by atoms with Crippen LogP contribution in [0.3, 0.4) is 0 Å². The van der Waals surface area contributed by atoms with Crippen molar-refractivity contribution in [2.24, 2.45) is 0 Å². The van der Waals surface area contributed by atoms with Crippen molar-refractivity contribution in [1.82, 2.24) is 9.97 Å². The van der Waals surface area contributed by atoms with Gasteiger partial charge in [-0.3, -0.25) is 4.79 Å². The molecule has 0 amide bonds. The highest BCUT2D eigenvalue weighted by Crippen LogP contribution is 2.25. The molecule has 0 fully saturated rings. The summed E-state index contributed by atoms with van der Waals surface area (Å²) >= 11 is 0. The van der Waals surface area contributed by atoms with Gasteiger partial charge in [-0.1, -0.05) is 42.5 Å². The number of fused-ring (bicyclic) bond motifs is 1. The molecule has 0 aliphatic rings. The second-order valence-corrected chi connectivity index (χ2v) is 5.41. The lowest BCUT2D eigenvalue weighted by Gasteiger charge is -2.15. The molecule has 1 aromatic heterocycles. The highest BCUT2D eigenvalue weighted by atomic mass is 35.5. The molecule has 0 aliphatic heterocycles. The molecule has 3 N–H and O–H groups in total. The lowest BCUT2D eigenvalue weighted by molar-refractivity contribution is -0.144. The normalized spacial score (nSPS) is 11.4. The molecular formula is C18H16ClN3O4. The van der Waals surface area contributed by atoms with Gasteiger partial charge < -0.3 is 15.5 Å². The van der Waals surface area contributed by atoms with E-state index in [9.17, 15) is 14.7 Å². The Morgan fingerprint density at radius 1 is 0.962 bits per heavy atom. The zero-order valence-corrected chi connectivity index (χ0v) is 14.3. The third-order valence-electron chi connectivity index (χ3n) is 3.62. The fourth-order valence-corrected chi connectivity index (χ4v) is 2.44. The first-order valence-corrected chi connectivity index (χ1v) is 7.58. The first-order valence-electron chi connectivity index (χ1n) is 7.58. The minimum Gasteiger partial charge on any atom is -0.481 e. The maximum atomic E-state index is 11.4. The third kappa shape index (κ3) is 4.25.